The first-order chi connectivity index (χ1) is 23.4. The second-order valence-corrected chi connectivity index (χ2v) is 16.0. The highest BCUT2D eigenvalue weighted by Gasteiger charge is 2.70. The fourth-order valence-corrected chi connectivity index (χ4v) is 11.7. The number of rotatable bonds is 6. The highest BCUT2D eigenvalue weighted by atomic mass is 79.9. The predicted molar refractivity (Wildman–Crippen MR) is 182 cm³/mol. The normalized spacial score (nSPS) is 26.8. The first-order valence-corrected chi connectivity index (χ1v) is 18.1. The highest BCUT2D eigenvalue weighted by molar-refractivity contribution is 9.10. The van der Waals surface area contributed by atoms with Crippen LogP contribution in [0.3, 0.4) is 0 Å². The Morgan fingerprint density at radius 2 is 1.78 bits per heavy atom. The molecule has 0 spiro atoms. The number of nitrogens with zero attached hydrogens (tertiary/aromatic N) is 1. The number of imide groups is 1. The minimum absolute atomic E-state index is 0.194. The van der Waals surface area contributed by atoms with Crippen LogP contribution in [0.5, 0.6) is 5.75 Å². The van der Waals surface area contributed by atoms with Crippen molar-refractivity contribution in [2.75, 3.05) is 16.8 Å². The molecule has 3 heterocycles. The third-order valence-electron chi connectivity index (χ3n) is 10.1. The van der Waals surface area contributed by atoms with Crippen molar-refractivity contribution in [1.29, 1.82) is 0 Å². The minimum atomic E-state index is -4.75. The Morgan fingerprint density at radius 3 is 2.53 bits per heavy atom. The molecule has 0 unspecified atom stereocenters. The van der Waals surface area contributed by atoms with Gasteiger partial charge >= 0.3 is 11.0 Å². The van der Waals surface area contributed by atoms with Gasteiger partial charge in [0.1, 0.15) is 5.75 Å². The van der Waals surface area contributed by atoms with Gasteiger partial charge in [0.05, 0.1) is 28.1 Å². The van der Waals surface area contributed by atoms with Crippen molar-refractivity contribution in [3.05, 3.63) is 102 Å². The zero-order chi connectivity index (χ0) is 34.4. The van der Waals surface area contributed by atoms with Gasteiger partial charge in [0.2, 0.25) is 11.8 Å². The van der Waals surface area contributed by atoms with E-state index in [2.05, 4.69) is 26.2 Å². The van der Waals surface area contributed by atoms with E-state index in [-0.39, 0.29) is 40.4 Å². The van der Waals surface area contributed by atoms with Gasteiger partial charge in [-0.15, -0.1) is 11.8 Å². The van der Waals surface area contributed by atoms with Crippen molar-refractivity contribution in [2.24, 2.45) is 29.6 Å². The number of anilines is 2. The molecule has 252 valence electrons. The van der Waals surface area contributed by atoms with E-state index in [1.807, 2.05) is 31.2 Å². The lowest BCUT2D eigenvalue weighted by Gasteiger charge is -2.43. The summed E-state index contributed by atoms with van der Waals surface area (Å²) in [6, 6.07) is 17.5. The van der Waals surface area contributed by atoms with E-state index in [0.717, 1.165) is 37.2 Å². The highest BCUT2D eigenvalue weighted by Crippen LogP contribution is 2.69. The Morgan fingerprint density at radius 1 is 1.02 bits per heavy atom. The van der Waals surface area contributed by atoms with Crippen molar-refractivity contribution in [1.82, 2.24) is 4.98 Å². The average Bonchev–Trinajstić information content (AvgIpc) is 3.78. The third kappa shape index (κ3) is 5.34. The summed E-state index contributed by atoms with van der Waals surface area (Å²) in [5, 5.41) is 3.32. The van der Waals surface area contributed by atoms with E-state index >= 15 is 0 Å². The fourth-order valence-electron chi connectivity index (χ4n) is 8.47. The Bertz CT molecular complexity index is 2100. The van der Waals surface area contributed by atoms with E-state index in [0.29, 0.717) is 28.4 Å². The number of aryl methyl sites for hydroxylation is 1. The number of hydrogen-bond acceptors (Lipinski definition) is 7. The van der Waals surface area contributed by atoms with Crippen LogP contribution in [0.1, 0.15) is 33.9 Å². The van der Waals surface area contributed by atoms with Crippen molar-refractivity contribution in [2.45, 2.75) is 35.7 Å². The summed E-state index contributed by atoms with van der Waals surface area (Å²) in [5.41, 5.74) is 0.863. The fraction of sp³-hybridized carbons (Fsp3) is 0.314. The summed E-state index contributed by atoms with van der Waals surface area (Å²) >= 11 is 6.11. The van der Waals surface area contributed by atoms with Gasteiger partial charge in [0, 0.05) is 31.8 Å². The monoisotopic (exact) mass is 769 g/mol. The van der Waals surface area contributed by atoms with Crippen molar-refractivity contribution in [3.63, 3.8) is 0 Å². The summed E-state index contributed by atoms with van der Waals surface area (Å²) in [6.45, 7) is 1.64. The molecule has 4 aromatic rings. The number of thioether (sulfide) groups is 1. The molecule has 2 bridgehead atoms. The van der Waals surface area contributed by atoms with Gasteiger partial charge in [-0.2, -0.15) is 13.2 Å². The van der Waals surface area contributed by atoms with Crippen LogP contribution in [0.15, 0.2) is 81.0 Å². The molecule has 2 aliphatic heterocycles. The molecular formula is C35H27BrF3N3O5S2. The van der Waals surface area contributed by atoms with Gasteiger partial charge in [-0.3, -0.25) is 19.2 Å². The second kappa shape index (κ2) is 11.9. The lowest BCUT2D eigenvalue weighted by molar-refractivity contribution is -0.137. The predicted octanol–water partition coefficient (Wildman–Crippen LogP) is 7.22. The molecule has 8 rings (SSSR count). The molecular weight excluding hydrogens is 743 g/mol. The number of nitrogens with one attached hydrogen (secondary N) is 2. The van der Waals surface area contributed by atoms with Crippen molar-refractivity contribution >= 4 is 68.1 Å². The summed E-state index contributed by atoms with van der Waals surface area (Å²) in [5.74, 6) is -4.01. The molecule has 7 atom stereocenters. The van der Waals surface area contributed by atoms with Crippen molar-refractivity contribution in [3.8, 4) is 5.75 Å². The van der Waals surface area contributed by atoms with Crippen LogP contribution in [0.4, 0.5) is 24.5 Å². The summed E-state index contributed by atoms with van der Waals surface area (Å²) < 4.78 is 49.0. The second-order valence-electron chi connectivity index (χ2n) is 12.9. The first kappa shape index (κ1) is 32.3. The van der Waals surface area contributed by atoms with E-state index in [4.69, 9.17) is 4.74 Å². The molecule has 3 fully saturated rings. The number of amides is 3. The standard InChI is InChI=1S/C35H27BrF3N3O5S2/c1-15-5-4-6-17(11-15)40-24(43)14-47-23-10-9-16(36)12-18(23)25-26-19-13-20(29(26)48-31-30(25)49-34(46)41-31)28-27(19)32(44)42(33(28)45)22-8-3-2-7-21(22)35(37,38)39/h2-12,19-20,25-29H,13-14H2,1H3,(H,40,43)(H,41,46)/t19-,20-,25+,26-,27+,28+,29-/m1/s1. The topological polar surface area (TPSA) is 109 Å². The number of halogens is 4. The lowest BCUT2D eigenvalue weighted by atomic mass is 9.68. The number of aromatic amines is 1. The molecule has 3 amide bonds. The van der Waals surface area contributed by atoms with Crippen LogP contribution in [0.2, 0.25) is 0 Å². The summed E-state index contributed by atoms with van der Waals surface area (Å²) in [7, 11) is 0. The van der Waals surface area contributed by atoms with Gasteiger partial charge in [0.25, 0.3) is 5.91 Å². The Kier molecular flexibility index (Phi) is 7.83. The van der Waals surface area contributed by atoms with Crippen LogP contribution in [-0.2, 0) is 20.6 Å². The maximum atomic E-state index is 14.1. The molecule has 14 heteroatoms. The molecule has 1 aromatic heterocycles. The number of benzene rings is 3. The van der Waals surface area contributed by atoms with E-state index in [9.17, 15) is 32.3 Å². The van der Waals surface area contributed by atoms with Crippen LogP contribution in [0.25, 0.3) is 0 Å². The number of hydrogen-bond donors (Lipinski definition) is 2. The maximum Gasteiger partial charge on any atom is 0.418 e. The number of thiazole rings is 1. The van der Waals surface area contributed by atoms with Crippen LogP contribution in [0, 0.1) is 36.5 Å². The number of fused-ring (bicyclic) bond motifs is 9. The number of ether oxygens (including phenoxy) is 1. The number of alkyl halides is 3. The smallest absolute Gasteiger partial charge is 0.418 e. The molecule has 4 aliphatic rings. The molecule has 2 saturated carbocycles. The molecule has 0 radical (unpaired) electrons. The minimum Gasteiger partial charge on any atom is -0.483 e. The molecule has 3 aromatic carbocycles. The Hall–Kier alpha value is -3.88. The lowest BCUT2D eigenvalue weighted by Crippen LogP contribution is -2.42. The number of carbonyl (C=O) groups excluding carboxylic acids is 3. The van der Waals surface area contributed by atoms with Crippen LogP contribution >= 0.6 is 39.0 Å². The summed E-state index contributed by atoms with van der Waals surface area (Å²) in [4.78, 5) is 58.0. The zero-order valence-corrected chi connectivity index (χ0v) is 28.8. The average molecular weight is 771 g/mol. The first-order valence-electron chi connectivity index (χ1n) is 15.6. The van der Waals surface area contributed by atoms with Crippen LogP contribution in [-0.4, -0.2) is 34.6 Å². The molecule has 8 nitrogen and oxygen atoms in total. The van der Waals surface area contributed by atoms with Gasteiger partial charge < -0.3 is 15.0 Å². The van der Waals surface area contributed by atoms with Gasteiger partial charge in [-0.25, -0.2) is 4.90 Å². The SMILES string of the molecule is Cc1cccc(NC(=O)COc2ccc(Br)cc2[C@@H]2c3sc(=O)[nH]c3S[C@@H]3[C@@H]4C[C@@H]([C@@H]5C(=O)N(c6ccccc6C(F)(F)F)C(=O)[C@@H]45)[C@H]23)c1. The quantitative estimate of drug-likeness (QED) is 0.201. The van der Waals surface area contributed by atoms with Gasteiger partial charge in [-0.1, -0.05) is 51.5 Å². The van der Waals surface area contributed by atoms with Gasteiger partial charge in [-0.05, 0) is 79.1 Å². The Labute approximate surface area is 294 Å². The van der Waals surface area contributed by atoms with Crippen molar-refractivity contribution < 1.29 is 32.3 Å². The maximum absolute atomic E-state index is 14.1. The number of para-hydroxylation sites is 1. The number of aromatic nitrogens is 1. The number of H-pyrrole nitrogens is 1. The van der Waals surface area contributed by atoms with E-state index in [1.165, 1.54) is 30.0 Å². The number of carbonyl (C=O) groups is 3. The molecule has 2 aliphatic carbocycles. The molecule has 1 saturated heterocycles. The Balaban J connectivity index is 1.15. The largest absolute Gasteiger partial charge is 0.483 e. The zero-order valence-electron chi connectivity index (χ0n) is 25.6. The van der Waals surface area contributed by atoms with E-state index in [1.54, 1.807) is 18.2 Å². The summed E-state index contributed by atoms with van der Waals surface area (Å²) in [6.07, 6.45) is -4.19. The third-order valence-corrected chi connectivity index (χ3v) is 13.2. The molecule has 2 N–H and O–H groups in total. The van der Waals surface area contributed by atoms with Gasteiger partial charge in [0.15, 0.2) is 6.61 Å². The van der Waals surface area contributed by atoms with E-state index < -0.39 is 47.0 Å². The van der Waals surface area contributed by atoms with Crippen LogP contribution < -0.4 is 19.8 Å². The molecule has 49 heavy (non-hydrogen) atoms.